The molecule has 14 nitrogen and oxygen atoms in total. The van der Waals surface area contributed by atoms with Crippen LogP contribution in [0.2, 0.25) is 5.15 Å². The average molecular weight is 735 g/mol. The number of benzene rings is 1. The van der Waals surface area contributed by atoms with Crippen molar-refractivity contribution in [1.29, 1.82) is 0 Å². The van der Waals surface area contributed by atoms with Crippen molar-refractivity contribution >= 4 is 50.8 Å². The number of halogens is 4. The van der Waals surface area contributed by atoms with E-state index in [0.717, 1.165) is 12.3 Å². The number of nitrogen functional groups attached to an aromatic ring is 2. The number of pyridine rings is 1. The summed E-state index contributed by atoms with van der Waals surface area (Å²) in [6, 6.07) is 8.17. The van der Waals surface area contributed by atoms with Gasteiger partial charge in [0.15, 0.2) is 22.5 Å². The summed E-state index contributed by atoms with van der Waals surface area (Å²) in [4.78, 5) is 41.5. The molecule has 3 aromatic rings. The number of amides is 1. The van der Waals surface area contributed by atoms with E-state index in [4.69, 9.17) is 23.1 Å². The van der Waals surface area contributed by atoms with Crippen LogP contribution in [0.1, 0.15) is 45.7 Å². The summed E-state index contributed by atoms with van der Waals surface area (Å²) in [6.45, 7) is 2.22. The molecule has 0 unspecified atom stereocenters. The van der Waals surface area contributed by atoms with Crippen LogP contribution in [0.15, 0.2) is 59.4 Å². The van der Waals surface area contributed by atoms with Gasteiger partial charge in [-0.25, -0.2) is 23.4 Å². The van der Waals surface area contributed by atoms with Crippen molar-refractivity contribution in [2.45, 2.75) is 35.9 Å². The first-order chi connectivity index (χ1) is 23.6. The first kappa shape index (κ1) is 35.2. The number of hydrogen-bond acceptors (Lipinski definition) is 12. The van der Waals surface area contributed by atoms with E-state index in [1.807, 2.05) is 0 Å². The van der Waals surface area contributed by atoms with Gasteiger partial charge in [-0.05, 0) is 49.6 Å². The maximum absolute atomic E-state index is 13.7. The molecular weight excluding hydrogens is 701 g/mol. The fourth-order valence-electron chi connectivity index (χ4n) is 6.21. The minimum Gasteiger partial charge on any atom is -0.382 e. The van der Waals surface area contributed by atoms with Crippen LogP contribution in [0.4, 0.5) is 30.6 Å². The van der Waals surface area contributed by atoms with Gasteiger partial charge in [0.1, 0.15) is 11.6 Å². The molecule has 1 aromatic carbocycles. The summed E-state index contributed by atoms with van der Waals surface area (Å²) in [6.07, 6.45) is -0.864. The molecule has 5 heterocycles. The first-order valence-corrected chi connectivity index (χ1v) is 17.5. The van der Waals surface area contributed by atoms with Crippen LogP contribution in [0.3, 0.4) is 0 Å². The number of carbonyl (C=O) groups excluding carboxylic acids is 2. The Morgan fingerprint density at radius 3 is 2.44 bits per heavy atom. The number of nitrogens with zero attached hydrogens (tertiary/aromatic N) is 6. The van der Waals surface area contributed by atoms with Crippen molar-refractivity contribution in [3.05, 3.63) is 76.5 Å². The lowest BCUT2D eigenvalue weighted by molar-refractivity contribution is -0.137. The summed E-state index contributed by atoms with van der Waals surface area (Å²) < 4.78 is 67.6. The Kier molecular flexibility index (Phi) is 9.53. The van der Waals surface area contributed by atoms with E-state index >= 15 is 0 Å². The Balaban J connectivity index is 1.06. The van der Waals surface area contributed by atoms with E-state index in [1.165, 1.54) is 34.6 Å². The monoisotopic (exact) mass is 734 g/mol. The quantitative estimate of drug-likeness (QED) is 0.214. The highest BCUT2D eigenvalue weighted by molar-refractivity contribution is 7.89. The Bertz CT molecular complexity index is 1940. The lowest BCUT2D eigenvalue weighted by Crippen LogP contribution is -2.53. The fourth-order valence-corrected chi connectivity index (χ4v) is 7.86. The molecular formula is C31H34ClF3N10O4S. The number of ketones is 1. The molecule has 266 valence electrons. The molecule has 0 atom stereocenters. The van der Waals surface area contributed by atoms with Gasteiger partial charge in [-0.3, -0.25) is 9.59 Å². The van der Waals surface area contributed by atoms with Crippen LogP contribution >= 0.6 is 11.6 Å². The van der Waals surface area contributed by atoms with Crippen LogP contribution in [0.5, 0.6) is 0 Å². The summed E-state index contributed by atoms with van der Waals surface area (Å²) in [5, 5.41) is 6.40. The second-order valence-electron chi connectivity index (χ2n) is 12.3. The standard InChI is InChI=1S/C31H34ClF3N10O4S/c32-26-28(37)41-27(36)25(40-26)22(46)16-23-39-18-30(42-23)7-11-44(12-8-30)29(47)19-3-1-4-21(15-19)50(48,49)45-10-2-9-43(13-14-45)24-6-5-20(17-38-24)31(33,34)35/h1,3-6,15-17,39,42H,2,7-14,18H2,(H4,36,37,41)/b23-16+. The second kappa shape index (κ2) is 13.6. The van der Waals surface area contributed by atoms with E-state index in [2.05, 4.69) is 25.6 Å². The molecule has 3 saturated heterocycles. The minimum atomic E-state index is -4.50. The van der Waals surface area contributed by atoms with Gasteiger partial charge < -0.3 is 31.9 Å². The van der Waals surface area contributed by atoms with Gasteiger partial charge in [-0.2, -0.15) is 17.5 Å². The maximum Gasteiger partial charge on any atom is 0.417 e. The number of allylic oxidation sites excluding steroid dienone is 1. The normalized spacial score (nSPS) is 19.2. The summed E-state index contributed by atoms with van der Waals surface area (Å²) in [7, 11) is -3.98. The number of aromatic nitrogens is 3. The van der Waals surface area contributed by atoms with Gasteiger partial charge in [-0.1, -0.05) is 17.7 Å². The number of piperidine rings is 1. The number of nitrogens with two attached hydrogens (primary N) is 2. The Labute approximate surface area is 290 Å². The maximum atomic E-state index is 13.7. The Morgan fingerprint density at radius 1 is 0.980 bits per heavy atom. The molecule has 50 heavy (non-hydrogen) atoms. The summed E-state index contributed by atoms with van der Waals surface area (Å²) >= 11 is 5.91. The van der Waals surface area contributed by atoms with Crippen molar-refractivity contribution in [2.75, 3.05) is 62.2 Å². The van der Waals surface area contributed by atoms with Crippen LogP contribution in [0, 0.1) is 0 Å². The van der Waals surface area contributed by atoms with Gasteiger partial charge in [0.2, 0.25) is 15.8 Å². The SMILES string of the molecule is Nc1nc(N)c(C(=O)/C=C2\NCC3(CCN(C(=O)c4cccc(S(=O)(=O)N5CCCN(c6ccc(C(F)(F)F)cn6)CC5)c4)CC3)N2)nc1Cl. The smallest absolute Gasteiger partial charge is 0.382 e. The Morgan fingerprint density at radius 2 is 1.74 bits per heavy atom. The number of rotatable bonds is 6. The average Bonchev–Trinajstić information content (AvgIpc) is 3.29. The van der Waals surface area contributed by atoms with Gasteiger partial charge in [0.05, 0.1) is 16.0 Å². The molecule has 1 amide bonds. The molecule has 1 spiro atoms. The number of nitrogens with one attached hydrogen (secondary N) is 2. The van der Waals surface area contributed by atoms with E-state index in [1.54, 1.807) is 15.9 Å². The van der Waals surface area contributed by atoms with Crippen molar-refractivity contribution < 1.29 is 31.2 Å². The molecule has 3 aliphatic heterocycles. The minimum absolute atomic E-state index is 0.0215. The van der Waals surface area contributed by atoms with Crippen molar-refractivity contribution in [2.24, 2.45) is 0 Å². The number of hydrogen-bond donors (Lipinski definition) is 4. The topological polar surface area (TPSA) is 193 Å². The third-order valence-electron chi connectivity index (χ3n) is 9.01. The lowest BCUT2D eigenvalue weighted by atomic mass is 9.88. The predicted octanol–water partition coefficient (Wildman–Crippen LogP) is 2.50. The zero-order chi connectivity index (χ0) is 35.8. The largest absolute Gasteiger partial charge is 0.417 e. The summed E-state index contributed by atoms with van der Waals surface area (Å²) in [5.41, 5.74) is 10.2. The predicted molar refractivity (Wildman–Crippen MR) is 179 cm³/mol. The number of sulfonamides is 1. The molecule has 0 saturated carbocycles. The number of carbonyl (C=O) groups is 2. The molecule has 0 bridgehead atoms. The highest BCUT2D eigenvalue weighted by atomic mass is 35.5. The van der Waals surface area contributed by atoms with Crippen molar-refractivity contribution in [3.8, 4) is 0 Å². The van der Waals surface area contributed by atoms with Gasteiger partial charge in [0.25, 0.3) is 5.91 Å². The zero-order valence-electron chi connectivity index (χ0n) is 26.6. The summed E-state index contributed by atoms with van der Waals surface area (Å²) in [5.74, 6) is -0.241. The highest BCUT2D eigenvalue weighted by Crippen LogP contribution is 2.31. The van der Waals surface area contributed by atoms with E-state index in [9.17, 15) is 31.2 Å². The molecule has 19 heteroatoms. The highest BCUT2D eigenvalue weighted by Gasteiger charge is 2.40. The fraction of sp³-hybridized carbons (Fsp3) is 0.387. The lowest BCUT2D eigenvalue weighted by Gasteiger charge is -2.39. The molecule has 0 aliphatic carbocycles. The molecule has 6 rings (SSSR count). The molecule has 6 N–H and O–H groups in total. The molecule has 0 radical (unpaired) electrons. The van der Waals surface area contributed by atoms with Gasteiger partial charge in [0, 0.05) is 63.6 Å². The molecule has 2 aromatic heterocycles. The van der Waals surface area contributed by atoms with Crippen LogP contribution in [0.25, 0.3) is 0 Å². The van der Waals surface area contributed by atoms with Gasteiger partial charge in [-0.15, -0.1) is 0 Å². The third kappa shape index (κ3) is 7.27. The van der Waals surface area contributed by atoms with Crippen LogP contribution < -0.4 is 27.0 Å². The van der Waals surface area contributed by atoms with Crippen molar-refractivity contribution in [3.63, 3.8) is 0 Å². The second-order valence-corrected chi connectivity index (χ2v) is 14.6. The molecule has 3 aliphatic rings. The van der Waals surface area contributed by atoms with E-state index in [-0.39, 0.29) is 58.5 Å². The first-order valence-electron chi connectivity index (χ1n) is 15.7. The number of alkyl halides is 3. The number of likely N-dealkylation sites (tertiary alicyclic amines) is 1. The Hall–Kier alpha value is -4.68. The van der Waals surface area contributed by atoms with Crippen LogP contribution in [-0.2, 0) is 16.2 Å². The van der Waals surface area contributed by atoms with Crippen molar-refractivity contribution in [1.82, 2.24) is 34.8 Å². The van der Waals surface area contributed by atoms with E-state index < -0.39 is 33.1 Å². The molecule has 3 fully saturated rings. The number of anilines is 3. The third-order valence-corrected chi connectivity index (χ3v) is 11.2. The van der Waals surface area contributed by atoms with Crippen LogP contribution in [-0.4, -0.2) is 95.6 Å². The zero-order valence-corrected chi connectivity index (χ0v) is 28.2. The van der Waals surface area contributed by atoms with Gasteiger partial charge >= 0.3 is 6.18 Å². The van der Waals surface area contributed by atoms with E-state index in [0.29, 0.717) is 57.1 Å².